The Morgan fingerprint density at radius 2 is 2.14 bits per heavy atom. The minimum Gasteiger partial charge on any atom is -0.393 e. The second-order valence-corrected chi connectivity index (χ2v) is 7.71. The van der Waals surface area contributed by atoms with Gasteiger partial charge in [0.1, 0.15) is 11.6 Å². The molecule has 1 amide bonds. The van der Waals surface area contributed by atoms with E-state index in [0.717, 1.165) is 18.1 Å². The molecule has 0 radical (unpaired) electrons. The van der Waals surface area contributed by atoms with Crippen molar-refractivity contribution in [2.24, 2.45) is 5.92 Å². The number of hydrogen-bond acceptors (Lipinski definition) is 4. The van der Waals surface area contributed by atoms with E-state index in [2.05, 4.69) is 24.1 Å². The Balaban J connectivity index is 1.74. The zero-order valence-corrected chi connectivity index (χ0v) is 16.4. The van der Waals surface area contributed by atoms with Crippen LogP contribution in [0.25, 0.3) is 0 Å². The zero-order valence-electron chi connectivity index (χ0n) is 15.6. The molecule has 1 aromatic carbocycles. The fraction of sp³-hybridized carbons (Fsp3) is 0.300. The SMILES string of the molecule is CC(C)Cc1cc(OC(=O)Nc2nccs2)n(CCc2ccc(F)cc2F)c1. The van der Waals surface area contributed by atoms with Crippen LogP contribution in [0.15, 0.2) is 42.0 Å². The minimum atomic E-state index is -0.640. The van der Waals surface area contributed by atoms with Gasteiger partial charge in [-0.1, -0.05) is 19.9 Å². The molecule has 148 valence electrons. The van der Waals surface area contributed by atoms with E-state index in [9.17, 15) is 13.6 Å². The Hall–Kier alpha value is -2.74. The first kappa shape index (κ1) is 20.0. The number of carbonyl (C=O) groups excluding carboxylic acids is 1. The van der Waals surface area contributed by atoms with Crippen molar-refractivity contribution < 1.29 is 18.3 Å². The Morgan fingerprint density at radius 1 is 1.32 bits per heavy atom. The summed E-state index contributed by atoms with van der Waals surface area (Å²) in [5.74, 6) is -0.391. The van der Waals surface area contributed by atoms with Crippen LogP contribution in [-0.2, 0) is 19.4 Å². The largest absolute Gasteiger partial charge is 0.420 e. The molecule has 0 aliphatic heterocycles. The van der Waals surface area contributed by atoms with Crippen molar-refractivity contribution in [1.29, 1.82) is 0 Å². The molecular weight excluding hydrogens is 384 g/mol. The van der Waals surface area contributed by atoms with Crippen LogP contribution in [-0.4, -0.2) is 15.6 Å². The number of hydrogen-bond donors (Lipinski definition) is 1. The van der Waals surface area contributed by atoms with Crippen molar-refractivity contribution in [1.82, 2.24) is 9.55 Å². The fourth-order valence-electron chi connectivity index (χ4n) is 2.85. The summed E-state index contributed by atoms with van der Waals surface area (Å²) in [6.07, 6.45) is 4.00. The molecule has 2 aromatic heterocycles. The summed E-state index contributed by atoms with van der Waals surface area (Å²) < 4.78 is 34.2. The monoisotopic (exact) mass is 405 g/mol. The highest BCUT2D eigenvalue weighted by Gasteiger charge is 2.14. The van der Waals surface area contributed by atoms with Gasteiger partial charge in [0.15, 0.2) is 5.13 Å². The number of thiazole rings is 1. The van der Waals surface area contributed by atoms with Crippen LogP contribution in [0, 0.1) is 17.6 Å². The Morgan fingerprint density at radius 3 is 2.82 bits per heavy atom. The van der Waals surface area contributed by atoms with E-state index < -0.39 is 17.7 Å². The molecule has 1 N–H and O–H groups in total. The second kappa shape index (κ2) is 8.97. The van der Waals surface area contributed by atoms with E-state index in [1.165, 1.54) is 23.5 Å². The van der Waals surface area contributed by atoms with E-state index in [1.807, 2.05) is 12.3 Å². The third-order valence-corrected chi connectivity index (χ3v) is 4.72. The summed E-state index contributed by atoms with van der Waals surface area (Å²) in [7, 11) is 0. The minimum absolute atomic E-state index is 0.340. The molecule has 3 rings (SSSR count). The van der Waals surface area contributed by atoms with Gasteiger partial charge in [0.2, 0.25) is 5.88 Å². The molecule has 0 aliphatic rings. The lowest BCUT2D eigenvalue weighted by molar-refractivity contribution is 0.211. The van der Waals surface area contributed by atoms with Gasteiger partial charge < -0.3 is 9.30 Å². The molecule has 0 fully saturated rings. The van der Waals surface area contributed by atoms with E-state index in [4.69, 9.17) is 4.74 Å². The van der Waals surface area contributed by atoms with Gasteiger partial charge in [-0.2, -0.15) is 0 Å². The number of amides is 1. The smallest absolute Gasteiger partial charge is 0.393 e. The topological polar surface area (TPSA) is 56.1 Å². The van der Waals surface area contributed by atoms with Gasteiger partial charge in [-0.3, -0.25) is 5.32 Å². The number of nitrogens with one attached hydrogen (secondary N) is 1. The molecule has 5 nitrogen and oxygen atoms in total. The van der Waals surface area contributed by atoms with Gasteiger partial charge in [-0.05, 0) is 36.0 Å². The maximum atomic E-state index is 13.9. The van der Waals surface area contributed by atoms with Crippen LogP contribution in [0.3, 0.4) is 0 Å². The van der Waals surface area contributed by atoms with Gasteiger partial charge in [-0.15, -0.1) is 11.3 Å². The van der Waals surface area contributed by atoms with Crippen LogP contribution < -0.4 is 10.1 Å². The van der Waals surface area contributed by atoms with Crippen LogP contribution in [0.1, 0.15) is 25.0 Å². The van der Waals surface area contributed by atoms with E-state index in [1.54, 1.807) is 16.1 Å². The third kappa shape index (κ3) is 5.39. The van der Waals surface area contributed by atoms with E-state index in [-0.39, 0.29) is 0 Å². The lowest BCUT2D eigenvalue weighted by atomic mass is 10.1. The molecule has 0 aliphatic carbocycles. The summed E-state index contributed by atoms with van der Waals surface area (Å²) in [5.41, 5.74) is 1.42. The molecule has 2 heterocycles. The number of rotatable bonds is 7. The Labute approximate surface area is 166 Å². The molecule has 0 atom stereocenters. The molecule has 0 bridgehead atoms. The second-order valence-electron chi connectivity index (χ2n) is 6.82. The molecular formula is C20H21F2N3O2S. The normalized spacial score (nSPS) is 11.0. The predicted molar refractivity (Wildman–Crippen MR) is 105 cm³/mol. The van der Waals surface area contributed by atoms with Crippen molar-refractivity contribution in [2.75, 3.05) is 5.32 Å². The molecule has 28 heavy (non-hydrogen) atoms. The first-order valence-corrected chi connectivity index (χ1v) is 9.80. The number of carbonyl (C=O) groups is 1. The third-order valence-electron chi connectivity index (χ3n) is 4.03. The first-order chi connectivity index (χ1) is 13.4. The summed E-state index contributed by atoms with van der Waals surface area (Å²) >= 11 is 1.29. The maximum absolute atomic E-state index is 13.9. The number of benzene rings is 1. The van der Waals surface area contributed by atoms with E-state index >= 15 is 0 Å². The molecule has 3 aromatic rings. The predicted octanol–water partition coefficient (Wildman–Crippen LogP) is 5.27. The first-order valence-electron chi connectivity index (χ1n) is 8.92. The van der Waals surface area contributed by atoms with Crippen molar-refractivity contribution >= 4 is 22.6 Å². The van der Waals surface area contributed by atoms with Crippen molar-refractivity contribution in [3.63, 3.8) is 0 Å². The molecule has 0 saturated heterocycles. The number of anilines is 1. The highest BCUT2D eigenvalue weighted by molar-refractivity contribution is 7.13. The van der Waals surface area contributed by atoms with Crippen LogP contribution in [0.4, 0.5) is 18.7 Å². The van der Waals surface area contributed by atoms with Crippen molar-refractivity contribution in [3.8, 4) is 5.88 Å². The van der Waals surface area contributed by atoms with Gasteiger partial charge >= 0.3 is 6.09 Å². The highest BCUT2D eigenvalue weighted by Crippen LogP contribution is 2.22. The van der Waals surface area contributed by atoms with Gasteiger partial charge in [0.05, 0.1) is 0 Å². The maximum Gasteiger partial charge on any atom is 0.420 e. The molecule has 8 heteroatoms. The fourth-order valence-corrected chi connectivity index (χ4v) is 3.36. The standard InChI is InChI=1S/C20H21F2N3O2S/c1-13(2)9-14-10-18(27-20(26)24-19-23-6-8-28-19)25(12-14)7-5-15-3-4-16(21)11-17(15)22/h3-4,6,8,10-13H,5,7,9H2,1-2H3,(H,23,24,26). The highest BCUT2D eigenvalue weighted by atomic mass is 32.1. The quantitative estimate of drug-likeness (QED) is 0.582. The number of halogens is 2. The summed E-state index contributed by atoms with van der Waals surface area (Å²) in [6.45, 7) is 4.59. The van der Waals surface area contributed by atoms with Gasteiger partial charge in [-0.25, -0.2) is 18.6 Å². The molecule has 0 unspecified atom stereocenters. The molecule has 0 saturated carbocycles. The number of aryl methyl sites for hydroxylation is 2. The Bertz CT molecular complexity index is 939. The number of ether oxygens (including phenoxy) is 1. The van der Waals surface area contributed by atoms with Crippen molar-refractivity contribution in [3.05, 3.63) is 64.8 Å². The summed E-state index contributed by atoms with van der Waals surface area (Å²) in [5, 5.41) is 4.76. The van der Waals surface area contributed by atoms with Crippen LogP contribution in [0.2, 0.25) is 0 Å². The molecule has 0 spiro atoms. The van der Waals surface area contributed by atoms with Crippen LogP contribution in [0.5, 0.6) is 5.88 Å². The zero-order chi connectivity index (χ0) is 20.1. The van der Waals surface area contributed by atoms with Gasteiger partial charge in [0.25, 0.3) is 0 Å². The Kier molecular flexibility index (Phi) is 6.41. The van der Waals surface area contributed by atoms with Gasteiger partial charge in [0, 0.05) is 36.5 Å². The lowest BCUT2D eigenvalue weighted by Crippen LogP contribution is -2.18. The number of nitrogens with zero attached hydrogens (tertiary/aromatic N) is 2. The van der Waals surface area contributed by atoms with Crippen molar-refractivity contribution in [2.45, 2.75) is 33.2 Å². The van der Waals surface area contributed by atoms with Crippen LogP contribution >= 0.6 is 11.3 Å². The summed E-state index contributed by atoms with van der Waals surface area (Å²) in [4.78, 5) is 16.1. The lowest BCUT2D eigenvalue weighted by Gasteiger charge is -2.10. The van der Waals surface area contributed by atoms with E-state index in [0.29, 0.717) is 35.5 Å². The number of aromatic nitrogens is 2. The summed E-state index contributed by atoms with van der Waals surface area (Å²) in [6, 6.07) is 5.34. The average Bonchev–Trinajstić information content (AvgIpc) is 3.23. The average molecular weight is 405 g/mol.